The molecule has 100 valence electrons. The van der Waals surface area contributed by atoms with E-state index in [0.29, 0.717) is 12.4 Å². The van der Waals surface area contributed by atoms with Gasteiger partial charge in [0.05, 0.1) is 0 Å². The van der Waals surface area contributed by atoms with Gasteiger partial charge in [-0.3, -0.25) is 0 Å². The molecule has 0 atom stereocenters. The number of aryl methyl sites for hydroxylation is 1. The second kappa shape index (κ2) is 6.81. The van der Waals surface area contributed by atoms with Gasteiger partial charge in [-0.1, -0.05) is 42.5 Å². The fraction of sp³-hybridized carbons (Fsp3) is 0.133. The summed E-state index contributed by atoms with van der Waals surface area (Å²) in [7, 11) is 0. The Balaban J connectivity index is 0.00000180. The van der Waals surface area contributed by atoms with E-state index >= 15 is 0 Å². The molecule has 0 unspecified atom stereocenters. The predicted octanol–water partition coefficient (Wildman–Crippen LogP) is 3.69. The van der Waals surface area contributed by atoms with Gasteiger partial charge < -0.3 is 9.84 Å². The van der Waals surface area contributed by atoms with E-state index in [1.54, 1.807) is 12.1 Å². The molecule has 2 aromatic carbocycles. The molecule has 0 amide bonds. The Morgan fingerprint density at radius 2 is 1.79 bits per heavy atom. The highest BCUT2D eigenvalue weighted by Crippen LogP contribution is 2.24. The Hall–Kier alpha value is -2.00. The molecule has 0 bridgehead atoms. The zero-order chi connectivity index (χ0) is 13.0. The number of rotatable bonds is 4. The summed E-state index contributed by atoms with van der Waals surface area (Å²) in [5, 5.41) is 9.11. The molecule has 0 saturated heterocycles. The fourth-order valence-electron chi connectivity index (χ4n) is 1.74. The highest BCUT2D eigenvalue weighted by Gasteiger charge is 2.13. The summed E-state index contributed by atoms with van der Waals surface area (Å²) in [4.78, 5) is 11.1. The number of ether oxygens (including phenoxy) is 1. The summed E-state index contributed by atoms with van der Waals surface area (Å²) in [6.45, 7) is 2.21. The molecule has 0 saturated carbocycles. The fourth-order valence-corrected chi connectivity index (χ4v) is 1.74. The van der Waals surface area contributed by atoms with Crippen LogP contribution < -0.4 is 4.74 Å². The number of para-hydroxylation sites is 1. The van der Waals surface area contributed by atoms with Gasteiger partial charge in [-0.25, -0.2) is 4.79 Å². The molecular weight excluding hydrogens is 264 g/mol. The molecule has 2 rings (SSSR count). The van der Waals surface area contributed by atoms with Gasteiger partial charge in [0.15, 0.2) is 0 Å². The molecule has 1 N–H and O–H groups in total. The first-order valence-corrected chi connectivity index (χ1v) is 5.68. The quantitative estimate of drug-likeness (QED) is 0.928. The monoisotopic (exact) mass is 278 g/mol. The standard InChI is InChI=1S/C15H14O3.ClH/c1-11-6-5-9-13(15(16)17)14(11)18-10-12-7-3-2-4-8-12;/h2-9H,10H2,1H3,(H,16,17);1H. The zero-order valence-electron chi connectivity index (χ0n) is 10.5. The first kappa shape index (κ1) is 15.1. The minimum absolute atomic E-state index is 0. The number of hydrogen-bond acceptors (Lipinski definition) is 2. The van der Waals surface area contributed by atoms with Gasteiger partial charge >= 0.3 is 5.97 Å². The molecule has 0 radical (unpaired) electrons. The van der Waals surface area contributed by atoms with Gasteiger partial charge in [0, 0.05) is 0 Å². The van der Waals surface area contributed by atoms with Crippen molar-refractivity contribution in [1.29, 1.82) is 0 Å². The molecule has 0 fully saturated rings. The minimum atomic E-state index is -0.971. The van der Waals surface area contributed by atoms with Gasteiger partial charge in [-0.15, -0.1) is 12.4 Å². The minimum Gasteiger partial charge on any atom is -0.488 e. The van der Waals surface area contributed by atoms with E-state index in [1.807, 2.05) is 43.3 Å². The van der Waals surface area contributed by atoms with Crippen LogP contribution >= 0.6 is 12.4 Å². The third-order valence-electron chi connectivity index (χ3n) is 2.67. The van der Waals surface area contributed by atoms with Crippen molar-refractivity contribution < 1.29 is 14.6 Å². The molecular formula is C15H15ClO3. The highest BCUT2D eigenvalue weighted by atomic mass is 35.5. The van der Waals surface area contributed by atoms with Crippen LogP contribution in [0.3, 0.4) is 0 Å². The Morgan fingerprint density at radius 3 is 2.42 bits per heavy atom. The first-order valence-electron chi connectivity index (χ1n) is 5.68. The SMILES string of the molecule is Cc1cccc(C(=O)O)c1OCc1ccccc1.Cl. The third kappa shape index (κ3) is 3.73. The van der Waals surface area contributed by atoms with Crippen molar-refractivity contribution in [2.45, 2.75) is 13.5 Å². The lowest BCUT2D eigenvalue weighted by atomic mass is 10.1. The average molecular weight is 279 g/mol. The van der Waals surface area contributed by atoms with Crippen molar-refractivity contribution in [3.63, 3.8) is 0 Å². The third-order valence-corrected chi connectivity index (χ3v) is 2.67. The summed E-state index contributed by atoms with van der Waals surface area (Å²) in [6.07, 6.45) is 0. The zero-order valence-corrected chi connectivity index (χ0v) is 11.3. The number of halogens is 1. The summed E-state index contributed by atoms with van der Waals surface area (Å²) in [5.41, 5.74) is 2.04. The summed E-state index contributed by atoms with van der Waals surface area (Å²) in [6, 6.07) is 14.8. The van der Waals surface area contributed by atoms with Crippen LogP contribution in [0.5, 0.6) is 5.75 Å². The van der Waals surface area contributed by atoms with Crippen LogP contribution in [0.2, 0.25) is 0 Å². The summed E-state index contributed by atoms with van der Waals surface area (Å²) in [5.74, 6) is -0.532. The van der Waals surface area contributed by atoms with E-state index in [1.165, 1.54) is 0 Å². The Kier molecular flexibility index (Phi) is 5.39. The molecule has 4 heteroatoms. The number of hydrogen-bond donors (Lipinski definition) is 1. The van der Waals surface area contributed by atoms with Crippen LogP contribution in [0.1, 0.15) is 21.5 Å². The highest BCUT2D eigenvalue weighted by molar-refractivity contribution is 5.91. The van der Waals surface area contributed by atoms with E-state index in [-0.39, 0.29) is 18.0 Å². The van der Waals surface area contributed by atoms with Crippen LogP contribution in [0.15, 0.2) is 48.5 Å². The normalized spacial score (nSPS) is 9.53. The number of carboxylic acids is 1. The van der Waals surface area contributed by atoms with Gasteiger partial charge in [0.2, 0.25) is 0 Å². The van der Waals surface area contributed by atoms with Crippen LogP contribution in [-0.2, 0) is 6.61 Å². The van der Waals surface area contributed by atoms with Gasteiger partial charge in [-0.05, 0) is 24.1 Å². The van der Waals surface area contributed by atoms with E-state index in [2.05, 4.69) is 0 Å². The Labute approximate surface area is 118 Å². The second-order valence-corrected chi connectivity index (χ2v) is 4.03. The van der Waals surface area contributed by atoms with E-state index in [4.69, 9.17) is 9.84 Å². The summed E-state index contributed by atoms with van der Waals surface area (Å²) >= 11 is 0. The number of carboxylic acid groups (broad SMARTS) is 1. The Morgan fingerprint density at radius 1 is 1.11 bits per heavy atom. The molecule has 0 aliphatic heterocycles. The molecule has 2 aromatic rings. The summed E-state index contributed by atoms with van der Waals surface area (Å²) < 4.78 is 5.63. The maximum atomic E-state index is 11.1. The van der Waals surface area contributed by atoms with Crippen LogP contribution in [0.25, 0.3) is 0 Å². The van der Waals surface area contributed by atoms with Crippen molar-refractivity contribution >= 4 is 18.4 Å². The Bertz CT molecular complexity index is 553. The maximum absolute atomic E-state index is 11.1. The van der Waals surface area contributed by atoms with Crippen LogP contribution in [0.4, 0.5) is 0 Å². The lowest BCUT2D eigenvalue weighted by molar-refractivity contribution is 0.0691. The van der Waals surface area contributed by atoms with E-state index in [0.717, 1.165) is 11.1 Å². The lowest BCUT2D eigenvalue weighted by Crippen LogP contribution is -2.04. The van der Waals surface area contributed by atoms with E-state index in [9.17, 15) is 4.79 Å². The predicted molar refractivity (Wildman–Crippen MR) is 76.2 cm³/mol. The molecule has 0 aliphatic rings. The van der Waals surface area contributed by atoms with Crippen LogP contribution in [-0.4, -0.2) is 11.1 Å². The largest absolute Gasteiger partial charge is 0.488 e. The van der Waals surface area contributed by atoms with Crippen molar-refractivity contribution in [2.24, 2.45) is 0 Å². The van der Waals surface area contributed by atoms with Crippen LogP contribution in [0, 0.1) is 6.92 Å². The smallest absolute Gasteiger partial charge is 0.339 e. The molecule has 0 aliphatic carbocycles. The molecule has 0 heterocycles. The lowest BCUT2D eigenvalue weighted by Gasteiger charge is -2.11. The topological polar surface area (TPSA) is 46.5 Å². The van der Waals surface area contributed by atoms with Crippen molar-refractivity contribution in [1.82, 2.24) is 0 Å². The number of benzene rings is 2. The van der Waals surface area contributed by atoms with Crippen molar-refractivity contribution in [3.8, 4) is 5.75 Å². The van der Waals surface area contributed by atoms with Crippen molar-refractivity contribution in [3.05, 3.63) is 65.2 Å². The van der Waals surface area contributed by atoms with Gasteiger partial charge in [0.1, 0.15) is 17.9 Å². The van der Waals surface area contributed by atoms with Crippen molar-refractivity contribution in [2.75, 3.05) is 0 Å². The molecule has 19 heavy (non-hydrogen) atoms. The maximum Gasteiger partial charge on any atom is 0.339 e. The number of aromatic carboxylic acids is 1. The second-order valence-electron chi connectivity index (χ2n) is 4.03. The molecule has 3 nitrogen and oxygen atoms in total. The van der Waals surface area contributed by atoms with Gasteiger partial charge in [-0.2, -0.15) is 0 Å². The first-order chi connectivity index (χ1) is 8.68. The molecule has 0 spiro atoms. The average Bonchev–Trinajstić information content (AvgIpc) is 2.38. The van der Waals surface area contributed by atoms with Gasteiger partial charge in [0.25, 0.3) is 0 Å². The molecule has 0 aromatic heterocycles. The van der Waals surface area contributed by atoms with E-state index < -0.39 is 5.97 Å². The number of carbonyl (C=O) groups is 1.